The van der Waals surface area contributed by atoms with Crippen LogP contribution in [0.3, 0.4) is 0 Å². The molecule has 2 rings (SSSR count). The first-order chi connectivity index (χ1) is 9.58. The molecule has 0 amide bonds. The van der Waals surface area contributed by atoms with Crippen LogP contribution >= 0.6 is 0 Å². The minimum absolute atomic E-state index is 0.156. The highest BCUT2D eigenvalue weighted by Gasteiger charge is 2.16. The van der Waals surface area contributed by atoms with Gasteiger partial charge in [0.25, 0.3) is 0 Å². The van der Waals surface area contributed by atoms with Crippen LogP contribution in [0.15, 0.2) is 36.5 Å². The largest absolute Gasteiger partial charge is 0.488 e. The summed E-state index contributed by atoms with van der Waals surface area (Å²) in [6, 6.07) is 10.5. The maximum absolute atomic E-state index is 6.24. The lowest BCUT2D eigenvalue weighted by Crippen LogP contribution is -2.38. The summed E-state index contributed by atoms with van der Waals surface area (Å²) in [4.78, 5) is 4.37. The second-order valence-corrected chi connectivity index (χ2v) is 5.79. The highest BCUT2D eigenvalue weighted by atomic mass is 16.5. The Morgan fingerprint density at radius 3 is 2.60 bits per heavy atom. The monoisotopic (exact) mass is 272 g/mol. The molecule has 0 aliphatic carbocycles. The van der Waals surface area contributed by atoms with Gasteiger partial charge in [-0.1, -0.05) is 33.8 Å². The van der Waals surface area contributed by atoms with Crippen molar-refractivity contribution in [2.24, 2.45) is 5.92 Å². The fraction of sp³-hybridized carbons (Fsp3) is 0.471. The Balaban J connectivity index is 2.20. The van der Waals surface area contributed by atoms with Crippen LogP contribution in [0.25, 0.3) is 10.9 Å². The second kappa shape index (κ2) is 6.71. The van der Waals surface area contributed by atoms with Gasteiger partial charge in [-0.05, 0) is 30.2 Å². The van der Waals surface area contributed by atoms with Crippen molar-refractivity contribution in [3.8, 4) is 5.75 Å². The Kier molecular flexibility index (Phi) is 4.96. The first-order valence-electron chi connectivity index (χ1n) is 7.31. The smallest absolute Gasteiger partial charge is 0.129 e. The molecule has 1 heterocycles. The number of pyridine rings is 1. The van der Waals surface area contributed by atoms with Crippen molar-refractivity contribution in [3.05, 3.63) is 36.5 Å². The van der Waals surface area contributed by atoms with Gasteiger partial charge < -0.3 is 10.1 Å². The van der Waals surface area contributed by atoms with Crippen molar-refractivity contribution in [3.63, 3.8) is 0 Å². The van der Waals surface area contributed by atoms with Gasteiger partial charge >= 0.3 is 0 Å². The number of nitrogens with one attached hydrogen (secondary N) is 1. The first-order valence-corrected chi connectivity index (χ1v) is 7.31. The Labute approximate surface area is 121 Å². The summed E-state index contributed by atoms with van der Waals surface area (Å²) in [7, 11) is 0. The fourth-order valence-electron chi connectivity index (χ4n) is 2.11. The second-order valence-electron chi connectivity index (χ2n) is 5.79. The molecule has 0 spiro atoms. The van der Waals surface area contributed by atoms with E-state index in [0.29, 0.717) is 12.0 Å². The van der Waals surface area contributed by atoms with Crippen LogP contribution in [0.5, 0.6) is 5.75 Å². The SMILES string of the molecule is CC(C)NCC(Oc1cccc2ncccc12)C(C)C. The van der Waals surface area contributed by atoms with Crippen LogP contribution in [-0.2, 0) is 0 Å². The maximum Gasteiger partial charge on any atom is 0.129 e. The molecule has 1 aromatic carbocycles. The normalized spacial score (nSPS) is 13.1. The van der Waals surface area contributed by atoms with Crippen LogP contribution in [0, 0.1) is 5.92 Å². The average Bonchev–Trinajstić information content (AvgIpc) is 2.43. The van der Waals surface area contributed by atoms with Crippen molar-refractivity contribution in [2.75, 3.05) is 6.54 Å². The molecular weight excluding hydrogens is 248 g/mol. The van der Waals surface area contributed by atoms with Crippen molar-refractivity contribution in [1.82, 2.24) is 10.3 Å². The number of hydrogen-bond donors (Lipinski definition) is 1. The Bertz CT molecular complexity index is 546. The summed E-state index contributed by atoms with van der Waals surface area (Å²) in [5.41, 5.74) is 0.976. The topological polar surface area (TPSA) is 34.1 Å². The third-order valence-electron chi connectivity index (χ3n) is 3.35. The summed E-state index contributed by atoms with van der Waals surface area (Å²) >= 11 is 0. The molecule has 2 aromatic rings. The lowest BCUT2D eigenvalue weighted by molar-refractivity contribution is 0.148. The number of ether oxygens (including phenoxy) is 1. The molecule has 20 heavy (non-hydrogen) atoms. The molecule has 0 aliphatic heterocycles. The molecule has 3 heteroatoms. The molecule has 0 saturated heterocycles. The maximum atomic E-state index is 6.24. The minimum Gasteiger partial charge on any atom is -0.488 e. The van der Waals surface area contributed by atoms with Gasteiger partial charge in [-0.25, -0.2) is 0 Å². The van der Waals surface area contributed by atoms with E-state index in [1.54, 1.807) is 0 Å². The van der Waals surface area contributed by atoms with Crippen molar-refractivity contribution in [1.29, 1.82) is 0 Å². The third kappa shape index (κ3) is 3.70. The van der Waals surface area contributed by atoms with E-state index >= 15 is 0 Å². The zero-order valence-electron chi connectivity index (χ0n) is 12.8. The van der Waals surface area contributed by atoms with E-state index in [9.17, 15) is 0 Å². The summed E-state index contributed by atoms with van der Waals surface area (Å²) in [5, 5.41) is 4.53. The number of nitrogens with zero attached hydrogens (tertiary/aromatic N) is 1. The standard InChI is InChI=1S/C17H24N2O/c1-12(2)17(11-19-13(3)4)20-16-9-5-8-15-14(16)7-6-10-18-15/h5-10,12-13,17,19H,11H2,1-4H3. The third-order valence-corrected chi connectivity index (χ3v) is 3.35. The molecule has 0 saturated carbocycles. The molecule has 1 unspecified atom stereocenters. The fourth-order valence-corrected chi connectivity index (χ4v) is 2.11. The molecule has 0 radical (unpaired) electrons. The van der Waals surface area contributed by atoms with Crippen LogP contribution in [0.4, 0.5) is 0 Å². The van der Waals surface area contributed by atoms with Crippen LogP contribution in [0.2, 0.25) is 0 Å². The van der Waals surface area contributed by atoms with Crippen molar-refractivity contribution < 1.29 is 4.74 Å². The van der Waals surface area contributed by atoms with Crippen LogP contribution < -0.4 is 10.1 Å². The van der Waals surface area contributed by atoms with E-state index in [0.717, 1.165) is 23.2 Å². The molecule has 0 aliphatic rings. The molecule has 3 nitrogen and oxygen atoms in total. The van der Waals surface area contributed by atoms with Gasteiger partial charge in [0.15, 0.2) is 0 Å². The van der Waals surface area contributed by atoms with Crippen molar-refractivity contribution in [2.45, 2.75) is 39.8 Å². The zero-order chi connectivity index (χ0) is 14.5. The minimum atomic E-state index is 0.156. The summed E-state index contributed by atoms with van der Waals surface area (Å²) < 4.78 is 6.24. The number of fused-ring (bicyclic) bond motifs is 1. The number of rotatable bonds is 6. The molecule has 1 atom stereocenters. The Morgan fingerprint density at radius 2 is 1.90 bits per heavy atom. The van der Waals surface area contributed by atoms with E-state index in [4.69, 9.17) is 4.74 Å². The van der Waals surface area contributed by atoms with Crippen LogP contribution in [-0.4, -0.2) is 23.7 Å². The average molecular weight is 272 g/mol. The molecule has 1 N–H and O–H groups in total. The molecular formula is C17H24N2O. The number of aromatic nitrogens is 1. The Hall–Kier alpha value is -1.61. The molecule has 108 valence electrons. The Morgan fingerprint density at radius 1 is 1.10 bits per heavy atom. The quantitative estimate of drug-likeness (QED) is 0.872. The van der Waals surface area contributed by atoms with E-state index in [-0.39, 0.29) is 6.10 Å². The first kappa shape index (κ1) is 14.8. The van der Waals surface area contributed by atoms with Crippen LogP contribution in [0.1, 0.15) is 27.7 Å². The van der Waals surface area contributed by atoms with Gasteiger partial charge in [-0.15, -0.1) is 0 Å². The van der Waals surface area contributed by atoms with Gasteiger partial charge in [-0.3, -0.25) is 4.98 Å². The van der Waals surface area contributed by atoms with Gasteiger partial charge in [0.05, 0.1) is 5.52 Å². The van der Waals surface area contributed by atoms with E-state index < -0.39 is 0 Å². The van der Waals surface area contributed by atoms with E-state index in [2.05, 4.69) is 44.1 Å². The lowest BCUT2D eigenvalue weighted by Gasteiger charge is -2.24. The number of benzene rings is 1. The molecule has 0 fully saturated rings. The van der Waals surface area contributed by atoms with Gasteiger partial charge in [0.2, 0.25) is 0 Å². The van der Waals surface area contributed by atoms with E-state index in [1.807, 2.05) is 30.5 Å². The highest BCUT2D eigenvalue weighted by molar-refractivity contribution is 5.84. The van der Waals surface area contributed by atoms with Gasteiger partial charge in [0, 0.05) is 24.2 Å². The summed E-state index contributed by atoms with van der Waals surface area (Å²) in [6.07, 6.45) is 1.97. The molecule has 0 bridgehead atoms. The zero-order valence-corrected chi connectivity index (χ0v) is 12.8. The summed E-state index contributed by atoms with van der Waals surface area (Å²) in [6.45, 7) is 9.54. The lowest BCUT2D eigenvalue weighted by atomic mass is 10.1. The predicted molar refractivity (Wildman–Crippen MR) is 84.1 cm³/mol. The van der Waals surface area contributed by atoms with E-state index in [1.165, 1.54) is 0 Å². The highest BCUT2D eigenvalue weighted by Crippen LogP contribution is 2.25. The summed E-state index contributed by atoms with van der Waals surface area (Å²) in [5.74, 6) is 1.37. The predicted octanol–water partition coefficient (Wildman–Crippen LogP) is 3.64. The number of hydrogen-bond acceptors (Lipinski definition) is 3. The van der Waals surface area contributed by atoms with Gasteiger partial charge in [-0.2, -0.15) is 0 Å². The molecule has 1 aromatic heterocycles. The van der Waals surface area contributed by atoms with Crippen molar-refractivity contribution >= 4 is 10.9 Å². The van der Waals surface area contributed by atoms with Gasteiger partial charge in [0.1, 0.15) is 11.9 Å².